The molecule has 0 atom stereocenters. The van der Waals surface area contributed by atoms with Gasteiger partial charge in [0.15, 0.2) is 11.5 Å². The fraction of sp³-hybridized carbons (Fsp3) is 0.444. The highest BCUT2D eigenvalue weighted by Crippen LogP contribution is 2.52. The molecule has 0 fully saturated rings. The van der Waals surface area contributed by atoms with E-state index in [4.69, 9.17) is 4.74 Å². The zero-order valence-corrected chi connectivity index (χ0v) is 36.1. The maximum absolute atomic E-state index is 6.76. The second-order valence-electron chi connectivity index (χ2n) is 17.8. The summed E-state index contributed by atoms with van der Waals surface area (Å²) in [5, 5.41) is 0. The van der Waals surface area contributed by atoms with Crippen LogP contribution in [0.15, 0.2) is 91.0 Å². The molecule has 0 aliphatic carbocycles. The molecule has 0 N–H and O–H groups in total. The summed E-state index contributed by atoms with van der Waals surface area (Å²) < 4.78 is 6.76. The van der Waals surface area contributed by atoms with Crippen molar-refractivity contribution in [2.75, 3.05) is 4.90 Å². The maximum Gasteiger partial charge on any atom is 0.151 e. The van der Waals surface area contributed by atoms with E-state index in [0.717, 1.165) is 42.1 Å². The van der Waals surface area contributed by atoms with E-state index < -0.39 is 0 Å². The lowest BCUT2D eigenvalue weighted by atomic mass is 9.86. The number of unbranched alkanes of at least 4 members (excludes halogenated alkanes) is 9. The predicted octanol–water partition coefficient (Wildman–Crippen LogP) is 16.9. The van der Waals surface area contributed by atoms with Crippen LogP contribution < -0.4 is 9.64 Å². The quantitative estimate of drug-likeness (QED) is 0.0812. The van der Waals surface area contributed by atoms with Gasteiger partial charge in [0.1, 0.15) is 0 Å². The van der Waals surface area contributed by atoms with E-state index in [9.17, 15) is 0 Å². The molecule has 5 aromatic rings. The van der Waals surface area contributed by atoms with E-state index in [-0.39, 0.29) is 5.41 Å². The van der Waals surface area contributed by atoms with Gasteiger partial charge in [0.25, 0.3) is 0 Å². The largest absolute Gasteiger partial charge is 0.453 e. The average Bonchev–Trinajstić information content (AvgIpc) is 3.18. The average molecular weight is 748 g/mol. The summed E-state index contributed by atoms with van der Waals surface area (Å²) in [6.45, 7) is 18.2. The van der Waals surface area contributed by atoms with Gasteiger partial charge in [-0.15, -0.1) is 0 Å². The first-order valence-electron chi connectivity index (χ1n) is 22.2. The van der Waals surface area contributed by atoms with Crippen LogP contribution in [0.4, 0.5) is 17.1 Å². The van der Waals surface area contributed by atoms with Gasteiger partial charge in [0.05, 0.1) is 11.4 Å². The van der Waals surface area contributed by atoms with Crippen molar-refractivity contribution < 1.29 is 4.74 Å². The summed E-state index contributed by atoms with van der Waals surface area (Å²) in [7, 11) is 0. The number of hydrogen-bond donors (Lipinski definition) is 0. The molecular weight excluding hydrogens is 679 g/mol. The van der Waals surface area contributed by atoms with Crippen molar-refractivity contribution in [1.82, 2.24) is 0 Å². The summed E-state index contributed by atoms with van der Waals surface area (Å²) >= 11 is 0. The lowest BCUT2D eigenvalue weighted by Gasteiger charge is -2.34. The third kappa shape index (κ3) is 10.6. The Kier molecular flexibility index (Phi) is 14.2. The zero-order valence-electron chi connectivity index (χ0n) is 36.1. The second kappa shape index (κ2) is 19.2. The standard InChI is InChI=1S/C54H69NO/c1-9-12-15-18-21-41-28-40(5)29-44(32-41)46-35-47(45-33-42(22-19-16-13-10-2)31-43(34-45)23-20-17-14-11-3)37-49(36-46)55-50-26-24-39(4)30-52(50)56-53-38-48(54(6,7)8)25-27-51(53)55/h24-38H,9-23H2,1-8H3. The van der Waals surface area contributed by atoms with Crippen molar-refractivity contribution in [2.24, 2.45) is 0 Å². The highest BCUT2D eigenvalue weighted by Gasteiger charge is 2.28. The zero-order chi connectivity index (χ0) is 39.7. The molecule has 0 saturated carbocycles. The summed E-state index contributed by atoms with van der Waals surface area (Å²) in [5.41, 5.74) is 16.7. The van der Waals surface area contributed by atoms with Gasteiger partial charge in [-0.1, -0.05) is 153 Å². The minimum atomic E-state index is 0.0123. The van der Waals surface area contributed by atoms with Gasteiger partial charge >= 0.3 is 0 Å². The topological polar surface area (TPSA) is 12.5 Å². The number of ether oxygens (including phenoxy) is 1. The second-order valence-corrected chi connectivity index (χ2v) is 17.8. The fourth-order valence-corrected chi connectivity index (χ4v) is 8.39. The summed E-state index contributed by atoms with van der Waals surface area (Å²) in [6, 6.07) is 35.6. The number of rotatable bonds is 18. The minimum absolute atomic E-state index is 0.0123. The monoisotopic (exact) mass is 748 g/mol. The van der Waals surface area contributed by atoms with E-state index in [1.165, 1.54) is 138 Å². The molecule has 0 aromatic heterocycles. The maximum atomic E-state index is 6.76. The molecule has 5 aromatic carbocycles. The van der Waals surface area contributed by atoms with Crippen molar-refractivity contribution in [2.45, 2.75) is 157 Å². The molecule has 56 heavy (non-hydrogen) atoms. The van der Waals surface area contributed by atoms with Crippen LogP contribution in [0.25, 0.3) is 22.3 Å². The highest BCUT2D eigenvalue weighted by molar-refractivity contribution is 5.90. The van der Waals surface area contributed by atoms with Crippen LogP contribution in [-0.2, 0) is 24.7 Å². The first-order chi connectivity index (χ1) is 27.1. The predicted molar refractivity (Wildman–Crippen MR) is 244 cm³/mol. The Morgan fingerprint density at radius 1 is 0.446 bits per heavy atom. The molecule has 0 saturated heterocycles. The Bertz CT molecular complexity index is 2030. The number of anilines is 3. The first-order valence-corrected chi connectivity index (χ1v) is 22.2. The molecule has 2 nitrogen and oxygen atoms in total. The van der Waals surface area contributed by atoms with Crippen molar-refractivity contribution in [3.05, 3.63) is 124 Å². The SMILES string of the molecule is CCCCCCc1cc(C)cc(-c2cc(-c3cc(CCCCCC)cc(CCCCCC)c3)cc(N3c4ccc(C)cc4Oc4cc(C(C)(C)C)ccc43)c2)c1. The van der Waals surface area contributed by atoms with Crippen LogP contribution >= 0.6 is 0 Å². The Morgan fingerprint density at radius 2 is 0.929 bits per heavy atom. The van der Waals surface area contributed by atoms with Crippen LogP contribution in [0.1, 0.15) is 152 Å². The first kappa shape index (κ1) is 41.3. The molecule has 0 unspecified atom stereocenters. The van der Waals surface area contributed by atoms with Crippen LogP contribution in [0.3, 0.4) is 0 Å². The molecule has 0 amide bonds. The normalized spacial score (nSPS) is 12.4. The molecular formula is C54H69NO. The van der Waals surface area contributed by atoms with E-state index >= 15 is 0 Å². The van der Waals surface area contributed by atoms with E-state index in [0.29, 0.717) is 0 Å². The number of benzene rings is 5. The third-order valence-corrected chi connectivity index (χ3v) is 11.6. The number of aryl methyl sites for hydroxylation is 5. The number of nitrogens with zero attached hydrogens (tertiary/aromatic N) is 1. The molecule has 0 bridgehead atoms. The van der Waals surface area contributed by atoms with Crippen LogP contribution in [0, 0.1) is 13.8 Å². The fourth-order valence-electron chi connectivity index (χ4n) is 8.39. The Labute approximate surface area is 340 Å². The van der Waals surface area contributed by atoms with Crippen LogP contribution in [0.5, 0.6) is 11.5 Å². The van der Waals surface area contributed by atoms with Crippen molar-refractivity contribution in [3.63, 3.8) is 0 Å². The van der Waals surface area contributed by atoms with Crippen LogP contribution in [-0.4, -0.2) is 0 Å². The third-order valence-electron chi connectivity index (χ3n) is 11.6. The van der Waals surface area contributed by atoms with Gasteiger partial charge in [-0.05, 0) is 150 Å². The molecule has 0 radical (unpaired) electrons. The molecule has 0 spiro atoms. The lowest BCUT2D eigenvalue weighted by molar-refractivity contribution is 0.472. The summed E-state index contributed by atoms with van der Waals surface area (Å²) in [6.07, 6.45) is 18.8. The summed E-state index contributed by atoms with van der Waals surface area (Å²) in [5.74, 6) is 1.82. The van der Waals surface area contributed by atoms with Gasteiger partial charge in [0, 0.05) is 5.69 Å². The molecule has 1 aliphatic heterocycles. The molecule has 2 heteroatoms. The van der Waals surface area contributed by atoms with Crippen molar-refractivity contribution in [3.8, 4) is 33.8 Å². The van der Waals surface area contributed by atoms with Crippen LogP contribution in [0.2, 0.25) is 0 Å². The van der Waals surface area contributed by atoms with Crippen molar-refractivity contribution >= 4 is 17.1 Å². The van der Waals surface area contributed by atoms with Gasteiger partial charge in [-0.2, -0.15) is 0 Å². The minimum Gasteiger partial charge on any atom is -0.453 e. The smallest absolute Gasteiger partial charge is 0.151 e. The number of hydrogen-bond acceptors (Lipinski definition) is 2. The Hall–Kier alpha value is -4.30. The van der Waals surface area contributed by atoms with E-state index in [1.807, 2.05) is 0 Å². The van der Waals surface area contributed by atoms with Gasteiger partial charge in [-0.3, -0.25) is 0 Å². The lowest BCUT2D eigenvalue weighted by Crippen LogP contribution is -2.18. The van der Waals surface area contributed by atoms with Gasteiger partial charge in [-0.25, -0.2) is 0 Å². The van der Waals surface area contributed by atoms with E-state index in [1.54, 1.807) is 0 Å². The Balaban J connectivity index is 1.53. The molecule has 6 rings (SSSR count). The molecule has 1 aliphatic rings. The highest BCUT2D eigenvalue weighted by atomic mass is 16.5. The Morgan fingerprint density at radius 3 is 1.46 bits per heavy atom. The molecule has 1 heterocycles. The summed E-state index contributed by atoms with van der Waals surface area (Å²) in [4.78, 5) is 2.45. The van der Waals surface area contributed by atoms with E-state index in [2.05, 4.69) is 151 Å². The van der Waals surface area contributed by atoms with Gasteiger partial charge < -0.3 is 9.64 Å². The molecule has 296 valence electrons. The number of fused-ring (bicyclic) bond motifs is 2. The van der Waals surface area contributed by atoms with Gasteiger partial charge in [0.2, 0.25) is 0 Å². The van der Waals surface area contributed by atoms with Crippen molar-refractivity contribution in [1.29, 1.82) is 0 Å².